The highest BCUT2D eigenvalue weighted by Crippen LogP contribution is 2.24. The first-order valence-corrected chi connectivity index (χ1v) is 11.6. The Labute approximate surface area is 222 Å². The Balaban J connectivity index is 1.91. The molecule has 1 unspecified atom stereocenters. The minimum Gasteiger partial charge on any atom is -0.480 e. The molecule has 14 nitrogen and oxygen atoms in total. The van der Waals surface area contributed by atoms with E-state index in [-0.39, 0.29) is 35.9 Å². The van der Waals surface area contributed by atoms with Crippen molar-refractivity contribution in [1.82, 2.24) is 20.7 Å². The second kappa shape index (κ2) is 11.5. The fraction of sp³-hybridized carbons (Fsp3) is 0.240. The van der Waals surface area contributed by atoms with E-state index in [0.29, 0.717) is 11.1 Å². The minimum absolute atomic E-state index is 0.107. The highest BCUT2D eigenvalue weighted by molar-refractivity contribution is 6.12. The number of nitrogens with one attached hydrogen (secondary N) is 4. The largest absolute Gasteiger partial charge is 0.480 e. The van der Waals surface area contributed by atoms with E-state index in [4.69, 9.17) is 22.3 Å². The van der Waals surface area contributed by atoms with Crippen molar-refractivity contribution >= 4 is 41.1 Å². The molecular weight excluding hydrogens is 508 g/mol. The number of hydrazine groups is 1. The number of carboxylic acid groups (broad SMARTS) is 1. The number of nitrogen functional groups attached to an aromatic ring is 2. The topological polar surface area (TPSA) is 236 Å². The van der Waals surface area contributed by atoms with Gasteiger partial charge in [0.05, 0.1) is 6.54 Å². The molecule has 3 amide bonds. The summed E-state index contributed by atoms with van der Waals surface area (Å²) in [6, 6.07) is 11.5. The number of hydrogen-bond acceptors (Lipinski definition) is 8. The predicted octanol–water partition coefficient (Wildman–Crippen LogP) is -1.11. The lowest BCUT2D eigenvalue weighted by atomic mass is 9.89. The predicted molar refractivity (Wildman–Crippen MR) is 139 cm³/mol. The fourth-order valence-electron chi connectivity index (χ4n) is 4.09. The minimum atomic E-state index is -2.14. The third-order valence-corrected chi connectivity index (χ3v) is 6.26. The maximum atomic E-state index is 13.6. The van der Waals surface area contributed by atoms with Gasteiger partial charge in [-0.3, -0.25) is 40.2 Å². The van der Waals surface area contributed by atoms with Gasteiger partial charge in [-0.15, -0.1) is 0 Å². The Bertz CT molecular complexity index is 1340. The van der Waals surface area contributed by atoms with Gasteiger partial charge in [0.25, 0.3) is 17.7 Å². The van der Waals surface area contributed by atoms with Crippen molar-refractivity contribution < 1.29 is 29.1 Å². The zero-order valence-corrected chi connectivity index (χ0v) is 21.0. The van der Waals surface area contributed by atoms with E-state index >= 15 is 0 Å². The summed E-state index contributed by atoms with van der Waals surface area (Å²) in [6.45, 7) is -0.364. The smallest absolute Gasteiger partial charge is 0.323 e. The Morgan fingerprint density at radius 2 is 1.33 bits per heavy atom. The number of amidine groups is 2. The number of amides is 3. The molecule has 1 fully saturated rings. The number of carbonyl (C=O) groups excluding carboxylic acids is 4. The van der Waals surface area contributed by atoms with Gasteiger partial charge < -0.3 is 26.8 Å². The van der Waals surface area contributed by atoms with Gasteiger partial charge in [-0.2, -0.15) is 5.01 Å². The monoisotopic (exact) mass is 536 g/mol. The van der Waals surface area contributed by atoms with Crippen LogP contribution in [0.25, 0.3) is 0 Å². The van der Waals surface area contributed by atoms with Gasteiger partial charge in [0.15, 0.2) is 11.3 Å². The van der Waals surface area contributed by atoms with Crippen molar-refractivity contribution in [2.75, 3.05) is 26.2 Å². The molecule has 0 saturated carbocycles. The molecule has 0 aliphatic carbocycles. The van der Waals surface area contributed by atoms with E-state index in [0.717, 1.165) is 16.8 Å². The number of piperazine rings is 1. The second-order valence-electron chi connectivity index (χ2n) is 8.79. The molecule has 1 saturated heterocycles. The first-order chi connectivity index (χ1) is 18.4. The Hall–Kier alpha value is -5.11. The number of aliphatic carboxylic acids is 1. The number of carbonyl (C=O) groups is 5. The molecule has 0 aromatic heterocycles. The molecule has 204 valence electrons. The Morgan fingerprint density at radius 1 is 0.872 bits per heavy atom. The van der Waals surface area contributed by atoms with E-state index in [1.807, 2.05) is 0 Å². The average Bonchev–Trinajstić information content (AvgIpc) is 2.89. The Morgan fingerprint density at radius 3 is 1.77 bits per heavy atom. The van der Waals surface area contributed by atoms with Crippen LogP contribution in [0.3, 0.4) is 0 Å². The number of hydrogen-bond donors (Lipinski definition) is 7. The molecule has 3 rings (SSSR count). The molecule has 0 spiro atoms. The summed E-state index contributed by atoms with van der Waals surface area (Å²) in [5, 5.41) is 27.8. The van der Waals surface area contributed by atoms with Gasteiger partial charge in [0.2, 0.25) is 0 Å². The number of rotatable bonds is 10. The van der Waals surface area contributed by atoms with Crippen molar-refractivity contribution in [2.24, 2.45) is 11.5 Å². The van der Waals surface area contributed by atoms with Crippen molar-refractivity contribution in [3.63, 3.8) is 0 Å². The number of nitrogens with two attached hydrogens (primary N) is 2. The molecule has 1 aliphatic heterocycles. The van der Waals surface area contributed by atoms with Gasteiger partial charge in [0, 0.05) is 35.3 Å². The van der Waals surface area contributed by atoms with Crippen LogP contribution in [0.4, 0.5) is 0 Å². The molecule has 9 N–H and O–H groups in total. The van der Waals surface area contributed by atoms with E-state index < -0.39 is 48.1 Å². The van der Waals surface area contributed by atoms with Crippen LogP contribution in [0.2, 0.25) is 0 Å². The Kier molecular flexibility index (Phi) is 8.41. The zero-order chi connectivity index (χ0) is 28.9. The summed E-state index contributed by atoms with van der Waals surface area (Å²) >= 11 is 0. The van der Waals surface area contributed by atoms with Gasteiger partial charge >= 0.3 is 5.97 Å². The number of carboxylic acids is 1. The van der Waals surface area contributed by atoms with Crippen molar-refractivity contribution in [1.29, 1.82) is 10.8 Å². The lowest BCUT2D eigenvalue weighted by Crippen LogP contribution is -2.76. The summed E-state index contributed by atoms with van der Waals surface area (Å²) in [5.41, 5.74) is 12.4. The molecule has 0 radical (unpaired) electrons. The van der Waals surface area contributed by atoms with E-state index in [2.05, 4.69) is 10.7 Å². The van der Waals surface area contributed by atoms with Crippen molar-refractivity contribution in [2.45, 2.75) is 12.5 Å². The van der Waals surface area contributed by atoms with Gasteiger partial charge in [-0.25, -0.2) is 0 Å². The fourth-order valence-corrected chi connectivity index (χ4v) is 4.09. The normalized spacial score (nSPS) is 17.3. The number of ketones is 1. The lowest BCUT2D eigenvalue weighted by molar-refractivity contribution is -0.164. The molecule has 1 aliphatic rings. The average molecular weight is 537 g/mol. The SMILES string of the molecule is CC(=O)C1(CNC(=O)c2ccc(C(=N)N)cc2)C(=O)N(CC(=O)O)CCN1NC(=O)c1ccc(C(=N)N)cc1. The highest BCUT2D eigenvalue weighted by Gasteiger charge is 2.54. The van der Waals surface area contributed by atoms with Crippen LogP contribution in [-0.2, 0) is 14.4 Å². The molecule has 0 bridgehead atoms. The third-order valence-electron chi connectivity index (χ3n) is 6.26. The third kappa shape index (κ3) is 6.07. The quantitative estimate of drug-likeness (QED) is 0.110. The zero-order valence-electron chi connectivity index (χ0n) is 21.0. The molecule has 1 atom stereocenters. The van der Waals surface area contributed by atoms with Gasteiger partial charge in [0.1, 0.15) is 18.2 Å². The van der Waals surface area contributed by atoms with Crippen LogP contribution in [0, 0.1) is 10.8 Å². The van der Waals surface area contributed by atoms with Crippen molar-refractivity contribution in [3.8, 4) is 0 Å². The van der Waals surface area contributed by atoms with Crippen molar-refractivity contribution in [3.05, 3.63) is 70.8 Å². The first-order valence-electron chi connectivity index (χ1n) is 11.6. The lowest BCUT2D eigenvalue weighted by Gasteiger charge is -2.47. The second-order valence-corrected chi connectivity index (χ2v) is 8.79. The number of benzene rings is 2. The van der Waals surface area contributed by atoms with Crippen LogP contribution < -0.4 is 22.2 Å². The molecule has 39 heavy (non-hydrogen) atoms. The summed E-state index contributed by atoms with van der Waals surface area (Å²) < 4.78 is 0. The van der Waals surface area contributed by atoms with Crippen LogP contribution in [0.5, 0.6) is 0 Å². The number of Topliss-reactive ketones (excluding diaryl/α,β-unsaturated/α-hetero) is 1. The van der Waals surface area contributed by atoms with Crippen LogP contribution in [0.15, 0.2) is 48.5 Å². The van der Waals surface area contributed by atoms with Crippen LogP contribution in [0.1, 0.15) is 38.8 Å². The molecule has 1 heterocycles. The molecule has 2 aromatic rings. The van der Waals surface area contributed by atoms with E-state index in [1.54, 1.807) is 0 Å². The summed E-state index contributed by atoms with van der Waals surface area (Å²) in [5.74, 6) is -4.64. The van der Waals surface area contributed by atoms with Crippen LogP contribution >= 0.6 is 0 Å². The number of nitrogens with zero attached hydrogens (tertiary/aromatic N) is 2. The molecule has 2 aromatic carbocycles. The maximum absolute atomic E-state index is 13.6. The van der Waals surface area contributed by atoms with Gasteiger partial charge in [-0.05, 0) is 31.2 Å². The maximum Gasteiger partial charge on any atom is 0.323 e. The molecular formula is C25H28N8O6. The summed E-state index contributed by atoms with van der Waals surface area (Å²) in [6.07, 6.45) is 0. The van der Waals surface area contributed by atoms with Gasteiger partial charge in [-0.1, -0.05) is 24.3 Å². The first kappa shape index (κ1) is 28.5. The van der Waals surface area contributed by atoms with Crippen LogP contribution in [-0.4, -0.2) is 87.9 Å². The standard InChI is InChI=1S/C25H28N8O6/c1-14(34)25(13-30-22(37)17-6-2-15(3-7-17)20(26)27)24(39)32(12-19(35)36)10-11-33(25)31-23(38)18-8-4-16(5-9-18)21(28)29/h2-9H,10-13H2,1H3,(H3,26,27)(H3,28,29)(H,30,37)(H,31,38)(H,35,36). The van der Waals surface area contributed by atoms with E-state index in [9.17, 15) is 29.1 Å². The molecule has 14 heteroatoms. The summed E-state index contributed by atoms with van der Waals surface area (Å²) in [7, 11) is 0. The highest BCUT2D eigenvalue weighted by atomic mass is 16.4. The summed E-state index contributed by atoms with van der Waals surface area (Å²) in [4.78, 5) is 64.9. The van der Waals surface area contributed by atoms with E-state index in [1.165, 1.54) is 48.5 Å².